The summed E-state index contributed by atoms with van der Waals surface area (Å²) in [5.41, 5.74) is -0.292. The summed E-state index contributed by atoms with van der Waals surface area (Å²) in [7, 11) is 0. The number of thioether (sulfide) groups is 1. The molecule has 160 valence electrons. The summed E-state index contributed by atoms with van der Waals surface area (Å²) in [5.74, 6) is -0.113. The molecule has 0 radical (unpaired) electrons. The third kappa shape index (κ3) is 5.42. The molecular formula is C21H25BrN4O3S. The van der Waals surface area contributed by atoms with Gasteiger partial charge in [0.25, 0.3) is 5.56 Å². The molecule has 0 atom stereocenters. The number of nitrogens with zero attached hydrogens (tertiary/aromatic N) is 3. The number of halogens is 1. The zero-order valence-electron chi connectivity index (χ0n) is 16.9. The third-order valence-corrected chi connectivity index (χ3v) is 6.61. The molecule has 0 aliphatic heterocycles. The minimum absolute atomic E-state index is 0.101. The van der Waals surface area contributed by atoms with Gasteiger partial charge in [0.15, 0.2) is 5.16 Å². The maximum atomic E-state index is 13.1. The zero-order valence-corrected chi connectivity index (χ0v) is 19.4. The number of benzene rings is 1. The predicted octanol–water partition coefficient (Wildman–Crippen LogP) is 3.63. The van der Waals surface area contributed by atoms with Crippen molar-refractivity contribution >= 4 is 44.5 Å². The highest BCUT2D eigenvalue weighted by Crippen LogP contribution is 2.29. The van der Waals surface area contributed by atoms with Gasteiger partial charge in [0.05, 0.1) is 22.7 Å². The maximum absolute atomic E-state index is 13.1. The first kappa shape index (κ1) is 22.8. The van der Waals surface area contributed by atoms with Crippen molar-refractivity contribution in [3.05, 3.63) is 33.0 Å². The van der Waals surface area contributed by atoms with Gasteiger partial charge < -0.3 is 10.1 Å². The van der Waals surface area contributed by atoms with Crippen LogP contribution in [0.15, 0.2) is 32.6 Å². The number of carbonyl (C=O) groups excluding carboxylic acids is 1. The van der Waals surface area contributed by atoms with Crippen molar-refractivity contribution in [1.82, 2.24) is 14.9 Å². The molecule has 3 rings (SSSR count). The second-order valence-electron chi connectivity index (χ2n) is 7.30. The molecule has 1 heterocycles. The molecule has 1 amide bonds. The van der Waals surface area contributed by atoms with Crippen LogP contribution < -0.4 is 10.9 Å². The van der Waals surface area contributed by atoms with Crippen molar-refractivity contribution in [2.45, 2.75) is 56.3 Å². The highest BCUT2D eigenvalue weighted by molar-refractivity contribution is 9.10. The number of rotatable bonds is 9. The Kier molecular flexibility index (Phi) is 7.92. The topological polar surface area (TPSA) is 97.0 Å². The van der Waals surface area contributed by atoms with Crippen molar-refractivity contribution in [3.8, 4) is 6.07 Å². The largest absolute Gasteiger partial charge is 0.382 e. The highest BCUT2D eigenvalue weighted by atomic mass is 79.9. The van der Waals surface area contributed by atoms with Crippen LogP contribution in [-0.4, -0.2) is 40.0 Å². The normalized spacial score (nSPS) is 15.2. The van der Waals surface area contributed by atoms with Crippen LogP contribution in [0.4, 0.5) is 0 Å². The summed E-state index contributed by atoms with van der Waals surface area (Å²) < 4.78 is 7.82. The van der Waals surface area contributed by atoms with Gasteiger partial charge in [0, 0.05) is 24.2 Å². The fourth-order valence-corrected chi connectivity index (χ4v) is 4.81. The molecule has 0 saturated heterocycles. The Morgan fingerprint density at radius 3 is 2.90 bits per heavy atom. The van der Waals surface area contributed by atoms with Crippen LogP contribution in [0.5, 0.6) is 0 Å². The van der Waals surface area contributed by atoms with E-state index in [-0.39, 0.29) is 17.2 Å². The van der Waals surface area contributed by atoms with Gasteiger partial charge in [-0.05, 0) is 57.2 Å². The molecule has 7 nitrogen and oxygen atoms in total. The van der Waals surface area contributed by atoms with Gasteiger partial charge in [-0.3, -0.25) is 14.2 Å². The molecule has 1 aliphatic carbocycles. The first-order valence-electron chi connectivity index (χ1n) is 10.1. The first-order chi connectivity index (χ1) is 14.5. The Bertz CT molecular complexity index is 1010. The molecule has 0 unspecified atom stereocenters. The SMILES string of the molecule is CCOCCCn1c(SCC(=O)NC2(C#N)CCCC2)nc2ccc(Br)cc2c1=O. The van der Waals surface area contributed by atoms with Gasteiger partial charge in [0.1, 0.15) is 5.54 Å². The average Bonchev–Trinajstić information content (AvgIpc) is 3.20. The molecule has 1 fully saturated rings. The highest BCUT2D eigenvalue weighted by Gasteiger charge is 2.35. The molecule has 2 aromatic rings. The van der Waals surface area contributed by atoms with E-state index in [9.17, 15) is 14.9 Å². The van der Waals surface area contributed by atoms with Crippen molar-refractivity contribution in [3.63, 3.8) is 0 Å². The lowest BCUT2D eigenvalue weighted by atomic mass is 10.0. The van der Waals surface area contributed by atoms with E-state index < -0.39 is 5.54 Å². The molecule has 9 heteroatoms. The van der Waals surface area contributed by atoms with Gasteiger partial charge in [-0.25, -0.2) is 4.98 Å². The van der Waals surface area contributed by atoms with E-state index in [0.29, 0.717) is 55.1 Å². The van der Waals surface area contributed by atoms with Crippen molar-refractivity contribution in [2.75, 3.05) is 19.0 Å². The fourth-order valence-electron chi connectivity index (χ4n) is 3.63. The lowest BCUT2D eigenvalue weighted by molar-refractivity contribution is -0.119. The van der Waals surface area contributed by atoms with Crippen molar-refractivity contribution < 1.29 is 9.53 Å². The van der Waals surface area contributed by atoms with E-state index in [1.54, 1.807) is 16.7 Å². The van der Waals surface area contributed by atoms with Crippen LogP contribution in [0.3, 0.4) is 0 Å². The minimum atomic E-state index is -0.752. The second-order valence-corrected chi connectivity index (χ2v) is 9.16. The Labute approximate surface area is 188 Å². The Balaban J connectivity index is 1.80. The summed E-state index contributed by atoms with van der Waals surface area (Å²) in [6.07, 6.45) is 3.94. The Morgan fingerprint density at radius 2 is 2.20 bits per heavy atom. The average molecular weight is 493 g/mol. The van der Waals surface area contributed by atoms with Crippen LogP contribution in [0.1, 0.15) is 39.0 Å². The van der Waals surface area contributed by atoms with E-state index in [1.807, 2.05) is 13.0 Å². The minimum Gasteiger partial charge on any atom is -0.382 e. The molecule has 1 aromatic carbocycles. The molecule has 1 saturated carbocycles. The number of hydrogen-bond donors (Lipinski definition) is 1. The molecule has 1 N–H and O–H groups in total. The van der Waals surface area contributed by atoms with E-state index in [4.69, 9.17) is 4.74 Å². The van der Waals surface area contributed by atoms with Gasteiger partial charge in [0.2, 0.25) is 5.91 Å². The second kappa shape index (κ2) is 10.4. The van der Waals surface area contributed by atoms with Crippen molar-refractivity contribution in [1.29, 1.82) is 5.26 Å². The molecule has 0 bridgehead atoms. The first-order valence-corrected chi connectivity index (χ1v) is 11.9. The molecular weight excluding hydrogens is 468 g/mol. The number of fused-ring (bicyclic) bond motifs is 1. The van der Waals surface area contributed by atoms with Gasteiger partial charge in [-0.2, -0.15) is 5.26 Å². The van der Waals surface area contributed by atoms with E-state index in [2.05, 4.69) is 32.3 Å². The third-order valence-electron chi connectivity index (χ3n) is 5.14. The van der Waals surface area contributed by atoms with Crippen LogP contribution in [-0.2, 0) is 16.1 Å². The molecule has 30 heavy (non-hydrogen) atoms. The molecule has 0 spiro atoms. The van der Waals surface area contributed by atoms with E-state index in [1.165, 1.54) is 11.8 Å². The van der Waals surface area contributed by atoms with Gasteiger partial charge >= 0.3 is 0 Å². The number of nitrogens with one attached hydrogen (secondary N) is 1. The number of carbonyl (C=O) groups is 1. The van der Waals surface area contributed by atoms with Gasteiger partial charge in [-0.1, -0.05) is 27.7 Å². The predicted molar refractivity (Wildman–Crippen MR) is 120 cm³/mol. The standard InChI is InChI=1S/C21H25BrN4O3S/c1-2-29-11-5-10-26-19(28)16-12-15(22)6-7-17(16)24-20(26)30-13-18(27)25-21(14-23)8-3-4-9-21/h6-7,12H,2-5,8-11,13H2,1H3,(H,25,27). The summed E-state index contributed by atoms with van der Waals surface area (Å²) >= 11 is 4.63. The monoisotopic (exact) mass is 492 g/mol. The number of aromatic nitrogens is 2. The summed E-state index contributed by atoms with van der Waals surface area (Å²) in [4.78, 5) is 30.2. The summed E-state index contributed by atoms with van der Waals surface area (Å²) in [6, 6.07) is 7.66. The van der Waals surface area contributed by atoms with Crippen molar-refractivity contribution in [2.24, 2.45) is 0 Å². The number of hydrogen-bond acceptors (Lipinski definition) is 6. The maximum Gasteiger partial charge on any atom is 0.262 e. The lowest BCUT2D eigenvalue weighted by Crippen LogP contribution is -2.45. The van der Waals surface area contributed by atoms with Crippen LogP contribution in [0, 0.1) is 11.3 Å². The van der Waals surface area contributed by atoms with Crippen LogP contribution >= 0.6 is 27.7 Å². The fraction of sp³-hybridized carbons (Fsp3) is 0.524. The zero-order chi connectivity index (χ0) is 21.6. The summed E-state index contributed by atoms with van der Waals surface area (Å²) in [5, 5.41) is 13.4. The Morgan fingerprint density at radius 1 is 1.43 bits per heavy atom. The summed E-state index contributed by atoms with van der Waals surface area (Å²) in [6.45, 7) is 3.56. The number of amides is 1. The van der Waals surface area contributed by atoms with Gasteiger partial charge in [-0.15, -0.1) is 0 Å². The number of nitriles is 1. The number of ether oxygens (including phenoxy) is 1. The Hall–Kier alpha value is -1.89. The quantitative estimate of drug-likeness (QED) is 0.326. The molecule has 1 aromatic heterocycles. The molecule has 1 aliphatic rings. The smallest absolute Gasteiger partial charge is 0.262 e. The van der Waals surface area contributed by atoms with Crippen LogP contribution in [0.2, 0.25) is 0 Å². The lowest BCUT2D eigenvalue weighted by Gasteiger charge is -2.22. The van der Waals surface area contributed by atoms with Crippen LogP contribution in [0.25, 0.3) is 10.9 Å². The van der Waals surface area contributed by atoms with E-state index in [0.717, 1.165) is 17.3 Å². The van der Waals surface area contributed by atoms with E-state index >= 15 is 0 Å².